The molecule has 0 amide bonds. The van der Waals surface area contributed by atoms with Crippen LogP contribution in [0.3, 0.4) is 0 Å². The Morgan fingerprint density at radius 3 is 2.68 bits per heavy atom. The van der Waals surface area contributed by atoms with Gasteiger partial charge >= 0.3 is 0 Å². The fourth-order valence-corrected chi connectivity index (χ4v) is 3.08. The van der Waals surface area contributed by atoms with E-state index in [1.165, 1.54) is 38.5 Å². The van der Waals surface area contributed by atoms with Crippen LogP contribution in [0.5, 0.6) is 0 Å². The molecule has 120 valence electrons. The summed E-state index contributed by atoms with van der Waals surface area (Å²) in [6, 6.07) is 6.20. The molecule has 0 aliphatic heterocycles. The van der Waals surface area contributed by atoms with E-state index >= 15 is 0 Å². The number of unbranched alkanes of at least 4 members (excludes halogenated alkanes) is 5. The van der Waals surface area contributed by atoms with Crippen molar-refractivity contribution < 1.29 is 0 Å². The van der Waals surface area contributed by atoms with Crippen LogP contribution in [-0.2, 0) is 0 Å². The van der Waals surface area contributed by atoms with Crippen molar-refractivity contribution in [1.29, 1.82) is 0 Å². The van der Waals surface area contributed by atoms with E-state index in [0.717, 1.165) is 27.8 Å². The van der Waals surface area contributed by atoms with Gasteiger partial charge in [-0.3, -0.25) is 0 Å². The standard InChI is InChI=1S/C18H27N3S/c1-4-5-6-7-8-9-13-20(3)21-17-16(11-10-12-19-17)14-15(2)18(21)22/h10-12,14H,4-9,13H2,1-3H3. The molecule has 0 saturated heterocycles. The predicted octanol–water partition coefficient (Wildman–Crippen LogP) is 5.00. The van der Waals surface area contributed by atoms with Gasteiger partial charge in [-0.05, 0) is 37.1 Å². The maximum atomic E-state index is 5.61. The molecule has 2 rings (SSSR count). The predicted molar refractivity (Wildman–Crippen MR) is 97.7 cm³/mol. The van der Waals surface area contributed by atoms with E-state index < -0.39 is 0 Å². The second-order valence-corrected chi connectivity index (χ2v) is 6.40. The number of rotatable bonds is 8. The Balaban J connectivity index is 2.09. The molecule has 0 aliphatic carbocycles. The van der Waals surface area contributed by atoms with Gasteiger partial charge in [-0.15, -0.1) is 0 Å². The van der Waals surface area contributed by atoms with Crippen LogP contribution in [0.2, 0.25) is 0 Å². The molecular weight excluding hydrogens is 290 g/mol. The van der Waals surface area contributed by atoms with E-state index in [1.54, 1.807) is 0 Å². The zero-order valence-electron chi connectivity index (χ0n) is 14.0. The molecule has 0 fully saturated rings. The van der Waals surface area contributed by atoms with Crippen LogP contribution in [-0.4, -0.2) is 23.3 Å². The van der Waals surface area contributed by atoms with E-state index in [9.17, 15) is 0 Å². The molecule has 2 heterocycles. The van der Waals surface area contributed by atoms with Crippen molar-refractivity contribution in [3.63, 3.8) is 0 Å². The molecule has 0 spiro atoms. The minimum absolute atomic E-state index is 0.861. The number of nitrogens with zero attached hydrogens (tertiary/aromatic N) is 3. The van der Waals surface area contributed by atoms with Crippen LogP contribution in [0.4, 0.5) is 0 Å². The highest BCUT2D eigenvalue weighted by Crippen LogP contribution is 2.16. The number of pyridine rings is 2. The summed E-state index contributed by atoms with van der Waals surface area (Å²) in [4.78, 5) is 4.53. The third-order valence-electron chi connectivity index (χ3n) is 4.10. The quantitative estimate of drug-likeness (QED) is 0.505. The van der Waals surface area contributed by atoms with Gasteiger partial charge in [0.2, 0.25) is 0 Å². The first-order chi connectivity index (χ1) is 10.6. The van der Waals surface area contributed by atoms with Gasteiger partial charge in [0.1, 0.15) is 4.64 Å². The molecule has 0 atom stereocenters. The highest BCUT2D eigenvalue weighted by molar-refractivity contribution is 7.71. The van der Waals surface area contributed by atoms with Crippen LogP contribution < -0.4 is 5.01 Å². The molecule has 22 heavy (non-hydrogen) atoms. The molecule has 3 nitrogen and oxygen atoms in total. The van der Waals surface area contributed by atoms with Crippen LogP contribution in [0.25, 0.3) is 11.0 Å². The highest BCUT2D eigenvalue weighted by Gasteiger charge is 2.08. The van der Waals surface area contributed by atoms with E-state index in [1.807, 2.05) is 12.3 Å². The second-order valence-electron chi connectivity index (χ2n) is 6.01. The third kappa shape index (κ3) is 4.07. The number of fused-ring (bicyclic) bond motifs is 1. The van der Waals surface area contributed by atoms with Crippen LogP contribution in [0, 0.1) is 11.6 Å². The summed E-state index contributed by atoms with van der Waals surface area (Å²) in [5, 5.41) is 3.35. The maximum absolute atomic E-state index is 5.61. The summed E-state index contributed by atoms with van der Waals surface area (Å²) >= 11 is 5.61. The Morgan fingerprint density at radius 2 is 1.91 bits per heavy atom. The lowest BCUT2D eigenvalue weighted by Gasteiger charge is -2.24. The van der Waals surface area contributed by atoms with Gasteiger partial charge in [-0.1, -0.05) is 51.2 Å². The number of aryl methyl sites for hydroxylation is 1. The molecule has 2 aromatic rings. The largest absolute Gasteiger partial charge is 0.313 e. The monoisotopic (exact) mass is 317 g/mol. The first-order valence-electron chi connectivity index (χ1n) is 8.34. The van der Waals surface area contributed by atoms with E-state index in [-0.39, 0.29) is 0 Å². The minimum Gasteiger partial charge on any atom is -0.313 e. The minimum atomic E-state index is 0.861. The van der Waals surface area contributed by atoms with E-state index in [0.29, 0.717) is 0 Å². The summed E-state index contributed by atoms with van der Waals surface area (Å²) in [6.45, 7) is 5.34. The van der Waals surface area contributed by atoms with Gasteiger partial charge in [0.15, 0.2) is 5.65 Å². The topological polar surface area (TPSA) is 21.1 Å². The van der Waals surface area contributed by atoms with Crippen molar-refractivity contribution in [2.45, 2.75) is 52.4 Å². The summed E-state index contributed by atoms with van der Waals surface area (Å²) in [7, 11) is 2.11. The molecule has 2 aromatic heterocycles. The number of aromatic nitrogens is 2. The van der Waals surface area contributed by atoms with Crippen molar-refractivity contribution >= 4 is 23.3 Å². The molecule has 0 N–H and O–H groups in total. The molecule has 0 unspecified atom stereocenters. The zero-order chi connectivity index (χ0) is 15.9. The zero-order valence-corrected chi connectivity index (χ0v) is 14.8. The lowest BCUT2D eigenvalue weighted by molar-refractivity contribution is 0.567. The lowest BCUT2D eigenvalue weighted by Crippen LogP contribution is -2.32. The lowest BCUT2D eigenvalue weighted by atomic mass is 10.1. The molecule has 0 bridgehead atoms. The molecule has 0 radical (unpaired) electrons. The fraction of sp³-hybridized carbons (Fsp3) is 0.556. The molecule has 4 heteroatoms. The van der Waals surface area contributed by atoms with Crippen molar-refractivity contribution in [3.8, 4) is 0 Å². The van der Waals surface area contributed by atoms with Gasteiger partial charge in [-0.25, -0.2) is 9.66 Å². The summed E-state index contributed by atoms with van der Waals surface area (Å²) in [5.41, 5.74) is 2.08. The van der Waals surface area contributed by atoms with Gasteiger partial charge in [0.05, 0.1) is 0 Å². The fourth-order valence-electron chi connectivity index (χ4n) is 2.79. The molecular formula is C18H27N3S. The summed E-state index contributed by atoms with van der Waals surface area (Å²) in [6.07, 6.45) is 9.67. The van der Waals surface area contributed by atoms with Gasteiger partial charge < -0.3 is 5.01 Å². The average molecular weight is 318 g/mol. The maximum Gasteiger partial charge on any atom is 0.159 e. The first kappa shape index (κ1) is 16.9. The SMILES string of the molecule is CCCCCCCCN(C)n1c(=S)c(C)cc2cccnc21. The molecule has 0 aromatic carbocycles. The normalized spacial score (nSPS) is 11.0. The van der Waals surface area contributed by atoms with Crippen molar-refractivity contribution in [3.05, 3.63) is 34.6 Å². The van der Waals surface area contributed by atoms with Crippen molar-refractivity contribution in [1.82, 2.24) is 9.66 Å². The van der Waals surface area contributed by atoms with Crippen molar-refractivity contribution in [2.75, 3.05) is 18.6 Å². The smallest absolute Gasteiger partial charge is 0.159 e. The Bertz CT molecular complexity index is 663. The van der Waals surface area contributed by atoms with Gasteiger partial charge in [0, 0.05) is 25.2 Å². The molecule has 0 aliphatic rings. The second kappa shape index (κ2) is 8.28. The molecule has 0 saturated carbocycles. The number of hydrogen-bond acceptors (Lipinski definition) is 3. The van der Waals surface area contributed by atoms with E-state index in [2.05, 4.69) is 47.7 Å². The van der Waals surface area contributed by atoms with Gasteiger partial charge in [0.25, 0.3) is 0 Å². The summed E-state index contributed by atoms with van der Waals surface area (Å²) in [5.74, 6) is 0. The highest BCUT2D eigenvalue weighted by atomic mass is 32.1. The average Bonchev–Trinajstić information content (AvgIpc) is 2.52. The third-order valence-corrected chi connectivity index (χ3v) is 4.59. The Kier molecular flexibility index (Phi) is 6.37. The van der Waals surface area contributed by atoms with Crippen LogP contribution in [0.1, 0.15) is 51.0 Å². The first-order valence-corrected chi connectivity index (χ1v) is 8.74. The van der Waals surface area contributed by atoms with E-state index in [4.69, 9.17) is 12.2 Å². The Morgan fingerprint density at radius 1 is 1.18 bits per heavy atom. The Labute approximate surface area is 139 Å². The summed E-state index contributed by atoms with van der Waals surface area (Å²) < 4.78 is 2.95. The Hall–Kier alpha value is -1.42. The van der Waals surface area contributed by atoms with Crippen LogP contribution in [0.15, 0.2) is 24.4 Å². The number of hydrogen-bond donors (Lipinski definition) is 0. The van der Waals surface area contributed by atoms with Crippen molar-refractivity contribution in [2.24, 2.45) is 0 Å². The van der Waals surface area contributed by atoms with Gasteiger partial charge in [-0.2, -0.15) is 0 Å². The van der Waals surface area contributed by atoms with Crippen LogP contribution >= 0.6 is 12.2 Å².